The molecule has 124 valence electrons. The molecule has 4 heterocycles. The molecule has 0 aliphatic carbocycles. The van der Waals surface area contributed by atoms with E-state index in [-0.39, 0.29) is 5.91 Å². The zero-order valence-corrected chi connectivity index (χ0v) is 14.3. The number of nitrogens with zero attached hydrogens (tertiary/aromatic N) is 4. The van der Waals surface area contributed by atoms with E-state index in [1.807, 2.05) is 17.9 Å². The number of carbonyl (C=O) groups excluding carboxylic acids is 1. The molecule has 0 saturated carbocycles. The number of aromatic amines is 1. The predicted molar refractivity (Wildman–Crippen MR) is 93.3 cm³/mol. The van der Waals surface area contributed by atoms with E-state index >= 15 is 0 Å². The maximum atomic E-state index is 12.7. The number of aromatic nitrogens is 4. The molecular weight excluding hydrogens is 322 g/mol. The van der Waals surface area contributed by atoms with Crippen LogP contribution in [-0.2, 0) is 6.42 Å². The van der Waals surface area contributed by atoms with Gasteiger partial charge in [0.1, 0.15) is 10.5 Å². The van der Waals surface area contributed by atoms with E-state index in [0.29, 0.717) is 10.8 Å². The van der Waals surface area contributed by atoms with E-state index in [1.165, 1.54) is 22.5 Å². The molecule has 3 aromatic rings. The largest absolute Gasteiger partial charge is 0.346 e. The lowest BCUT2D eigenvalue weighted by atomic mass is 9.89. The van der Waals surface area contributed by atoms with Crippen LogP contribution >= 0.6 is 11.5 Å². The highest BCUT2D eigenvalue weighted by Crippen LogP contribution is 2.33. The van der Waals surface area contributed by atoms with Crippen LogP contribution in [0, 0.1) is 0 Å². The van der Waals surface area contributed by atoms with Crippen molar-refractivity contribution < 1.29 is 4.79 Å². The minimum atomic E-state index is 0.0842. The van der Waals surface area contributed by atoms with Gasteiger partial charge in [-0.3, -0.25) is 4.79 Å². The Balaban J connectivity index is 1.48. The molecule has 0 aromatic carbocycles. The van der Waals surface area contributed by atoms with Crippen LogP contribution in [0.5, 0.6) is 0 Å². The van der Waals surface area contributed by atoms with Crippen LogP contribution in [0.15, 0.2) is 24.5 Å². The van der Waals surface area contributed by atoms with E-state index < -0.39 is 0 Å². The second-order valence-electron chi connectivity index (χ2n) is 6.11. The molecule has 0 spiro atoms. The van der Waals surface area contributed by atoms with Crippen LogP contribution in [0.1, 0.15) is 46.6 Å². The molecule has 1 amide bonds. The van der Waals surface area contributed by atoms with Gasteiger partial charge in [0.15, 0.2) is 0 Å². The van der Waals surface area contributed by atoms with Crippen LogP contribution < -0.4 is 0 Å². The summed E-state index contributed by atoms with van der Waals surface area (Å²) < 4.78 is 3.93. The number of hydrogen-bond donors (Lipinski definition) is 1. The van der Waals surface area contributed by atoms with E-state index in [9.17, 15) is 4.79 Å². The Morgan fingerprint density at radius 3 is 3.04 bits per heavy atom. The number of aryl methyl sites for hydroxylation is 1. The van der Waals surface area contributed by atoms with Gasteiger partial charge in [0, 0.05) is 30.9 Å². The Hall–Kier alpha value is -2.28. The van der Waals surface area contributed by atoms with Crippen LogP contribution in [-0.4, -0.2) is 43.5 Å². The molecule has 0 bridgehead atoms. The van der Waals surface area contributed by atoms with E-state index in [0.717, 1.165) is 43.7 Å². The van der Waals surface area contributed by atoms with Crippen LogP contribution in [0.2, 0.25) is 0 Å². The molecule has 24 heavy (non-hydrogen) atoms. The molecule has 4 rings (SSSR count). The highest BCUT2D eigenvalue weighted by molar-refractivity contribution is 7.08. The van der Waals surface area contributed by atoms with Gasteiger partial charge in [-0.2, -0.15) is 0 Å². The summed E-state index contributed by atoms with van der Waals surface area (Å²) in [6.45, 7) is 3.56. The molecule has 7 heteroatoms. The summed E-state index contributed by atoms with van der Waals surface area (Å²) in [5.74, 6) is 0.554. The fourth-order valence-corrected chi connectivity index (χ4v) is 4.17. The van der Waals surface area contributed by atoms with Crippen molar-refractivity contribution in [2.75, 3.05) is 13.1 Å². The summed E-state index contributed by atoms with van der Waals surface area (Å²) in [6, 6.07) is 4.09. The minimum Gasteiger partial charge on any atom is -0.346 e. The number of rotatable bonds is 3. The molecule has 0 atom stereocenters. The van der Waals surface area contributed by atoms with Crippen LogP contribution in [0.25, 0.3) is 11.0 Å². The zero-order valence-electron chi connectivity index (χ0n) is 13.5. The number of H-pyrrole nitrogens is 1. The maximum absolute atomic E-state index is 12.7. The van der Waals surface area contributed by atoms with Crippen molar-refractivity contribution in [2.24, 2.45) is 0 Å². The first-order valence-electron chi connectivity index (χ1n) is 8.30. The lowest BCUT2D eigenvalue weighted by Gasteiger charge is -2.31. The Labute approximate surface area is 144 Å². The summed E-state index contributed by atoms with van der Waals surface area (Å²) in [5, 5.41) is 5.25. The third-order valence-corrected chi connectivity index (χ3v) is 5.55. The van der Waals surface area contributed by atoms with Crippen LogP contribution in [0.3, 0.4) is 0 Å². The van der Waals surface area contributed by atoms with Crippen molar-refractivity contribution in [2.45, 2.75) is 32.1 Å². The third-order valence-electron chi connectivity index (χ3n) is 4.79. The smallest absolute Gasteiger partial charge is 0.267 e. The number of pyridine rings is 1. The van der Waals surface area contributed by atoms with E-state index in [4.69, 9.17) is 0 Å². The van der Waals surface area contributed by atoms with Gasteiger partial charge in [-0.05, 0) is 54.4 Å². The molecule has 1 fully saturated rings. The van der Waals surface area contributed by atoms with Gasteiger partial charge in [-0.1, -0.05) is 11.4 Å². The van der Waals surface area contributed by atoms with Gasteiger partial charge in [0.2, 0.25) is 0 Å². The Kier molecular flexibility index (Phi) is 4.02. The van der Waals surface area contributed by atoms with Gasteiger partial charge in [0.05, 0.1) is 5.69 Å². The number of likely N-dealkylation sites (tertiary alicyclic amines) is 1. The molecule has 1 N–H and O–H groups in total. The fourth-order valence-electron chi connectivity index (χ4n) is 3.45. The fraction of sp³-hybridized carbons (Fsp3) is 0.412. The Bertz CT molecular complexity index is 863. The lowest BCUT2D eigenvalue weighted by molar-refractivity contribution is 0.0717. The van der Waals surface area contributed by atoms with E-state index in [2.05, 4.69) is 31.8 Å². The second kappa shape index (κ2) is 6.32. The first-order chi connectivity index (χ1) is 11.8. The molecule has 1 saturated heterocycles. The van der Waals surface area contributed by atoms with Crippen molar-refractivity contribution in [3.8, 4) is 0 Å². The third kappa shape index (κ3) is 2.58. The molecule has 0 radical (unpaired) electrons. The monoisotopic (exact) mass is 341 g/mol. The SMILES string of the molecule is CCc1nnsc1C(=O)N1CCC(c2c[nH]c3ncccc23)CC1. The van der Waals surface area contributed by atoms with Gasteiger partial charge < -0.3 is 9.88 Å². The summed E-state index contributed by atoms with van der Waals surface area (Å²) >= 11 is 1.21. The Morgan fingerprint density at radius 1 is 1.42 bits per heavy atom. The number of hydrogen-bond acceptors (Lipinski definition) is 5. The van der Waals surface area contributed by atoms with Crippen molar-refractivity contribution >= 4 is 28.5 Å². The van der Waals surface area contributed by atoms with Crippen molar-refractivity contribution in [1.29, 1.82) is 0 Å². The topological polar surface area (TPSA) is 74.8 Å². The molecule has 6 nitrogen and oxygen atoms in total. The van der Waals surface area contributed by atoms with Crippen molar-refractivity contribution in [3.05, 3.63) is 40.7 Å². The normalized spacial score (nSPS) is 16.0. The molecule has 1 aliphatic rings. The van der Waals surface area contributed by atoms with Gasteiger partial charge in [-0.15, -0.1) is 5.10 Å². The van der Waals surface area contributed by atoms with Crippen LogP contribution in [0.4, 0.5) is 0 Å². The number of carbonyl (C=O) groups is 1. The molecular formula is C17H19N5OS. The molecule has 0 unspecified atom stereocenters. The predicted octanol–water partition coefficient (Wildman–Crippen LogP) is 3.00. The lowest BCUT2D eigenvalue weighted by Crippen LogP contribution is -2.37. The van der Waals surface area contributed by atoms with Gasteiger partial charge in [0.25, 0.3) is 5.91 Å². The minimum absolute atomic E-state index is 0.0842. The quantitative estimate of drug-likeness (QED) is 0.795. The standard InChI is InChI=1S/C17H19N5OS/c1-2-14-15(24-21-20-14)17(23)22-8-5-11(6-9-22)13-10-19-16-12(13)4-3-7-18-16/h3-4,7,10-11H,2,5-6,8-9H2,1H3,(H,18,19). The first kappa shape index (κ1) is 15.3. The van der Waals surface area contributed by atoms with Gasteiger partial charge >= 0.3 is 0 Å². The van der Waals surface area contributed by atoms with Crippen molar-refractivity contribution in [1.82, 2.24) is 24.5 Å². The summed E-state index contributed by atoms with van der Waals surface area (Å²) in [4.78, 5) is 22.9. The summed E-state index contributed by atoms with van der Waals surface area (Å²) in [6.07, 6.45) is 6.57. The number of nitrogens with one attached hydrogen (secondary N) is 1. The Morgan fingerprint density at radius 2 is 2.25 bits per heavy atom. The summed E-state index contributed by atoms with van der Waals surface area (Å²) in [5.41, 5.74) is 3.07. The second-order valence-corrected chi connectivity index (χ2v) is 6.87. The average Bonchev–Trinajstić information content (AvgIpc) is 3.28. The van der Waals surface area contributed by atoms with Crippen molar-refractivity contribution in [3.63, 3.8) is 0 Å². The number of piperidine rings is 1. The molecule has 1 aliphatic heterocycles. The average molecular weight is 341 g/mol. The number of fused-ring (bicyclic) bond motifs is 1. The maximum Gasteiger partial charge on any atom is 0.267 e. The first-order valence-corrected chi connectivity index (χ1v) is 9.07. The van der Waals surface area contributed by atoms with E-state index in [1.54, 1.807) is 6.20 Å². The van der Waals surface area contributed by atoms with Gasteiger partial charge in [-0.25, -0.2) is 4.98 Å². The number of amides is 1. The highest BCUT2D eigenvalue weighted by atomic mass is 32.1. The molecule has 3 aromatic heterocycles. The zero-order chi connectivity index (χ0) is 16.5. The summed E-state index contributed by atoms with van der Waals surface area (Å²) in [7, 11) is 0. The highest BCUT2D eigenvalue weighted by Gasteiger charge is 2.28.